The highest BCUT2D eigenvalue weighted by Gasteiger charge is 2.25. The van der Waals surface area contributed by atoms with Gasteiger partial charge in [0.15, 0.2) is 11.9 Å². The standard InChI is InChI=1S/C17H20NO/c1-17(2,3)16-11-7-8-12-18(16)13-15(19)14-9-5-4-6-10-14/h4-12H,13H2,1-3H3/q+1. The van der Waals surface area contributed by atoms with Gasteiger partial charge in [0.2, 0.25) is 12.3 Å². The smallest absolute Gasteiger partial charge is 0.227 e. The normalized spacial score (nSPS) is 11.3. The fraction of sp³-hybridized carbons (Fsp3) is 0.294. The van der Waals surface area contributed by atoms with Gasteiger partial charge >= 0.3 is 0 Å². The Morgan fingerprint density at radius 3 is 2.26 bits per heavy atom. The van der Waals surface area contributed by atoms with E-state index in [0.29, 0.717) is 6.54 Å². The molecule has 2 rings (SSSR count). The second-order valence-electron chi connectivity index (χ2n) is 5.75. The quantitative estimate of drug-likeness (QED) is 0.609. The second kappa shape index (κ2) is 5.35. The molecular formula is C17H20NO+. The molecular weight excluding hydrogens is 234 g/mol. The summed E-state index contributed by atoms with van der Waals surface area (Å²) in [7, 11) is 0. The Morgan fingerprint density at radius 1 is 1.00 bits per heavy atom. The molecule has 1 aromatic carbocycles. The summed E-state index contributed by atoms with van der Waals surface area (Å²) in [5.41, 5.74) is 1.95. The van der Waals surface area contributed by atoms with Crippen LogP contribution in [0.15, 0.2) is 54.7 Å². The topological polar surface area (TPSA) is 20.9 Å². The molecule has 2 aromatic rings. The summed E-state index contributed by atoms with van der Waals surface area (Å²) in [5, 5.41) is 0. The van der Waals surface area contributed by atoms with E-state index in [4.69, 9.17) is 0 Å². The van der Waals surface area contributed by atoms with Crippen molar-refractivity contribution in [3.05, 3.63) is 66.0 Å². The number of rotatable bonds is 3. The van der Waals surface area contributed by atoms with Crippen LogP contribution >= 0.6 is 0 Å². The van der Waals surface area contributed by atoms with E-state index in [-0.39, 0.29) is 11.2 Å². The molecule has 1 heterocycles. The molecule has 0 aliphatic carbocycles. The average molecular weight is 254 g/mol. The molecule has 98 valence electrons. The van der Waals surface area contributed by atoms with Crippen molar-refractivity contribution in [2.45, 2.75) is 32.7 Å². The molecule has 0 atom stereocenters. The Balaban J connectivity index is 2.28. The minimum atomic E-state index is 0.0260. The first-order chi connectivity index (χ1) is 8.98. The fourth-order valence-corrected chi connectivity index (χ4v) is 2.17. The minimum Gasteiger partial charge on any atom is -0.287 e. The van der Waals surface area contributed by atoms with Crippen LogP contribution in [0.5, 0.6) is 0 Å². The van der Waals surface area contributed by atoms with Crippen molar-refractivity contribution in [1.29, 1.82) is 0 Å². The molecule has 0 aliphatic heterocycles. The van der Waals surface area contributed by atoms with Gasteiger partial charge in [-0.2, -0.15) is 4.57 Å². The zero-order valence-corrected chi connectivity index (χ0v) is 11.8. The van der Waals surface area contributed by atoms with Crippen LogP contribution in [0.25, 0.3) is 0 Å². The van der Waals surface area contributed by atoms with Crippen molar-refractivity contribution in [3.8, 4) is 0 Å². The van der Waals surface area contributed by atoms with Gasteiger partial charge in [0.25, 0.3) is 0 Å². The fourth-order valence-electron chi connectivity index (χ4n) is 2.17. The largest absolute Gasteiger partial charge is 0.287 e. The highest BCUT2D eigenvalue weighted by Crippen LogP contribution is 2.18. The molecule has 0 amide bonds. The maximum atomic E-state index is 12.3. The Hall–Kier alpha value is -1.96. The van der Waals surface area contributed by atoms with E-state index < -0.39 is 0 Å². The number of ketones is 1. The van der Waals surface area contributed by atoms with Gasteiger partial charge in [-0.3, -0.25) is 4.79 Å². The number of benzene rings is 1. The third-order valence-corrected chi connectivity index (χ3v) is 3.12. The van der Waals surface area contributed by atoms with Crippen molar-refractivity contribution < 1.29 is 9.36 Å². The summed E-state index contributed by atoms with van der Waals surface area (Å²) in [5.74, 6) is 0.141. The molecule has 0 radical (unpaired) electrons. The predicted molar refractivity (Wildman–Crippen MR) is 76.1 cm³/mol. The number of nitrogens with zero attached hydrogens (tertiary/aromatic N) is 1. The molecule has 0 saturated carbocycles. The maximum Gasteiger partial charge on any atom is 0.227 e. The highest BCUT2D eigenvalue weighted by atomic mass is 16.1. The average Bonchev–Trinajstić information content (AvgIpc) is 2.39. The van der Waals surface area contributed by atoms with Crippen molar-refractivity contribution in [3.63, 3.8) is 0 Å². The van der Waals surface area contributed by atoms with E-state index in [1.807, 2.05) is 53.2 Å². The number of hydrogen-bond acceptors (Lipinski definition) is 1. The Labute approximate surface area is 114 Å². The lowest BCUT2D eigenvalue weighted by Gasteiger charge is -2.16. The summed E-state index contributed by atoms with van der Waals surface area (Å²) in [4.78, 5) is 12.3. The second-order valence-corrected chi connectivity index (χ2v) is 5.75. The van der Waals surface area contributed by atoms with E-state index in [2.05, 4.69) is 26.8 Å². The van der Waals surface area contributed by atoms with E-state index in [0.717, 1.165) is 5.56 Å². The summed E-state index contributed by atoms with van der Waals surface area (Å²) in [6.07, 6.45) is 1.97. The Bertz CT molecular complexity index is 567. The number of pyridine rings is 1. The highest BCUT2D eigenvalue weighted by molar-refractivity contribution is 5.94. The van der Waals surface area contributed by atoms with Crippen LogP contribution in [-0.4, -0.2) is 5.78 Å². The van der Waals surface area contributed by atoms with Crippen LogP contribution < -0.4 is 4.57 Å². The predicted octanol–water partition coefficient (Wildman–Crippen LogP) is 3.15. The summed E-state index contributed by atoms with van der Waals surface area (Å²) in [6.45, 7) is 6.86. The van der Waals surface area contributed by atoms with Crippen molar-refractivity contribution in [1.82, 2.24) is 0 Å². The molecule has 0 N–H and O–H groups in total. The molecule has 0 fully saturated rings. The summed E-state index contributed by atoms with van der Waals surface area (Å²) >= 11 is 0. The number of hydrogen-bond donors (Lipinski definition) is 0. The van der Waals surface area contributed by atoms with E-state index in [1.165, 1.54) is 5.69 Å². The molecule has 2 heteroatoms. The summed E-state index contributed by atoms with van der Waals surface area (Å²) in [6, 6.07) is 15.5. The van der Waals surface area contributed by atoms with Crippen LogP contribution in [0.1, 0.15) is 36.8 Å². The molecule has 0 unspecified atom stereocenters. The van der Waals surface area contributed by atoms with Crippen LogP contribution in [0, 0.1) is 0 Å². The summed E-state index contributed by atoms with van der Waals surface area (Å²) < 4.78 is 2.04. The zero-order chi connectivity index (χ0) is 13.9. The van der Waals surface area contributed by atoms with Gasteiger partial charge in [0.1, 0.15) is 0 Å². The molecule has 1 aromatic heterocycles. The molecule has 19 heavy (non-hydrogen) atoms. The molecule has 0 aliphatic rings. The zero-order valence-electron chi connectivity index (χ0n) is 11.8. The lowest BCUT2D eigenvalue weighted by atomic mass is 9.91. The van der Waals surface area contributed by atoms with E-state index in [9.17, 15) is 4.79 Å². The van der Waals surface area contributed by atoms with Gasteiger partial charge in [-0.25, -0.2) is 0 Å². The van der Waals surface area contributed by atoms with Gasteiger partial charge in [-0.15, -0.1) is 0 Å². The van der Waals surface area contributed by atoms with Crippen LogP contribution in [-0.2, 0) is 12.0 Å². The van der Waals surface area contributed by atoms with Crippen LogP contribution in [0.4, 0.5) is 0 Å². The third-order valence-electron chi connectivity index (χ3n) is 3.12. The first kappa shape index (κ1) is 13.5. The number of aromatic nitrogens is 1. The first-order valence-corrected chi connectivity index (χ1v) is 6.56. The lowest BCUT2D eigenvalue weighted by molar-refractivity contribution is -0.693. The first-order valence-electron chi connectivity index (χ1n) is 6.56. The molecule has 2 nitrogen and oxygen atoms in total. The van der Waals surface area contributed by atoms with Gasteiger partial charge in [0, 0.05) is 23.1 Å². The monoisotopic (exact) mass is 254 g/mol. The Kier molecular flexibility index (Phi) is 3.79. The van der Waals surface area contributed by atoms with Gasteiger partial charge < -0.3 is 0 Å². The minimum absolute atomic E-state index is 0.0260. The van der Waals surface area contributed by atoms with Gasteiger partial charge in [0.05, 0.1) is 0 Å². The Morgan fingerprint density at radius 2 is 1.63 bits per heavy atom. The molecule has 0 spiro atoms. The van der Waals surface area contributed by atoms with Crippen molar-refractivity contribution in [2.75, 3.05) is 0 Å². The maximum absolute atomic E-state index is 12.3. The third kappa shape index (κ3) is 3.28. The van der Waals surface area contributed by atoms with Gasteiger partial charge in [-0.05, 0) is 0 Å². The SMILES string of the molecule is CC(C)(C)c1cccc[n+]1CC(=O)c1ccccc1. The lowest BCUT2D eigenvalue weighted by Crippen LogP contribution is -2.45. The number of carbonyl (C=O) groups excluding carboxylic acids is 1. The van der Waals surface area contributed by atoms with Crippen LogP contribution in [0.2, 0.25) is 0 Å². The van der Waals surface area contributed by atoms with Gasteiger partial charge in [-0.1, -0.05) is 57.2 Å². The van der Waals surface area contributed by atoms with Crippen molar-refractivity contribution >= 4 is 5.78 Å². The van der Waals surface area contributed by atoms with E-state index in [1.54, 1.807) is 0 Å². The molecule has 0 bridgehead atoms. The van der Waals surface area contributed by atoms with E-state index >= 15 is 0 Å². The van der Waals surface area contributed by atoms with Crippen LogP contribution in [0.3, 0.4) is 0 Å². The number of carbonyl (C=O) groups is 1. The van der Waals surface area contributed by atoms with Crippen molar-refractivity contribution in [2.24, 2.45) is 0 Å². The molecule has 0 saturated heterocycles. The number of Topliss-reactive ketones (excluding diaryl/α,β-unsaturated/α-hetero) is 1.